The summed E-state index contributed by atoms with van der Waals surface area (Å²) in [7, 11) is 0. The second-order valence-corrected chi connectivity index (χ2v) is 7.51. The first-order valence-corrected chi connectivity index (χ1v) is 9.63. The average molecular weight is 351 g/mol. The highest BCUT2D eigenvalue weighted by Gasteiger charge is 2.26. The van der Waals surface area contributed by atoms with Crippen molar-refractivity contribution >= 4 is 28.4 Å². The molecule has 1 N–H and O–H groups in total. The number of carbonyl (C=O) groups is 2. The Bertz CT molecular complexity index is 852. The molecule has 26 heavy (non-hydrogen) atoms. The average Bonchev–Trinajstić information content (AvgIpc) is 2.59. The van der Waals surface area contributed by atoms with E-state index >= 15 is 0 Å². The molecule has 0 unspecified atom stereocenters. The Hall–Kier alpha value is -2.43. The van der Waals surface area contributed by atoms with Crippen LogP contribution in [0.4, 0.5) is 5.69 Å². The van der Waals surface area contributed by atoms with Gasteiger partial charge in [-0.15, -0.1) is 0 Å². The molecule has 1 aromatic heterocycles. The standard InChI is InChI=1S/C21H25N3O2/c1-14-8-9-17-18(21(26)24-10-3-2-4-11-24)12-16(13-19(17)22-14)23-20(25)15-6-5-7-15/h8-9,12-13,15H,2-7,10-11H2,1H3,(H,23,25). The Morgan fingerprint density at radius 2 is 1.85 bits per heavy atom. The molecule has 5 nitrogen and oxygen atoms in total. The SMILES string of the molecule is Cc1ccc2c(C(=O)N3CCCCC3)cc(NC(=O)C3CCC3)cc2n1. The quantitative estimate of drug-likeness (QED) is 0.912. The van der Waals surface area contributed by atoms with Crippen molar-refractivity contribution in [1.29, 1.82) is 0 Å². The predicted molar refractivity (Wildman–Crippen MR) is 102 cm³/mol. The number of fused-ring (bicyclic) bond motifs is 1. The zero-order valence-electron chi connectivity index (χ0n) is 15.3. The van der Waals surface area contributed by atoms with Crippen molar-refractivity contribution in [2.75, 3.05) is 18.4 Å². The molecule has 2 fully saturated rings. The van der Waals surface area contributed by atoms with Crippen molar-refractivity contribution in [2.24, 2.45) is 5.92 Å². The number of amides is 2. The van der Waals surface area contributed by atoms with Gasteiger partial charge in [-0.2, -0.15) is 0 Å². The summed E-state index contributed by atoms with van der Waals surface area (Å²) in [5, 5.41) is 3.86. The number of benzene rings is 1. The smallest absolute Gasteiger partial charge is 0.254 e. The van der Waals surface area contributed by atoms with Gasteiger partial charge in [0.15, 0.2) is 0 Å². The number of hydrogen-bond acceptors (Lipinski definition) is 3. The zero-order valence-corrected chi connectivity index (χ0v) is 15.3. The number of hydrogen-bond donors (Lipinski definition) is 1. The maximum atomic E-state index is 13.1. The van der Waals surface area contributed by atoms with E-state index in [1.165, 1.54) is 6.42 Å². The van der Waals surface area contributed by atoms with Gasteiger partial charge in [-0.1, -0.05) is 12.5 Å². The van der Waals surface area contributed by atoms with Crippen molar-refractivity contribution < 1.29 is 9.59 Å². The van der Waals surface area contributed by atoms with E-state index < -0.39 is 0 Å². The first-order valence-electron chi connectivity index (χ1n) is 9.63. The summed E-state index contributed by atoms with van der Waals surface area (Å²) in [5.41, 5.74) is 2.97. The van der Waals surface area contributed by atoms with Crippen molar-refractivity contribution in [3.05, 3.63) is 35.5 Å². The van der Waals surface area contributed by atoms with Crippen LogP contribution in [0.25, 0.3) is 10.9 Å². The molecule has 1 aromatic carbocycles. The third-order valence-electron chi connectivity index (χ3n) is 5.56. The fourth-order valence-electron chi connectivity index (χ4n) is 3.77. The van der Waals surface area contributed by atoms with Crippen LogP contribution in [0, 0.1) is 12.8 Å². The van der Waals surface area contributed by atoms with Crippen molar-refractivity contribution in [3.63, 3.8) is 0 Å². The van der Waals surface area contributed by atoms with Crippen molar-refractivity contribution in [1.82, 2.24) is 9.88 Å². The Morgan fingerprint density at radius 1 is 1.08 bits per heavy atom. The van der Waals surface area contributed by atoms with E-state index in [0.29, 0.717) is 11.3 Å². The summed E-state index contributed by atoms with van der Waals surface area (Å²) >= 11 is 0. The highest BCUT2D eigenvalue weighted by molar-refractivity contribution is 6.08. The molecule has 2 amide bonds. The summed E-state index contributed by atoms with van der Waals surface area (Å²) in [6.07, 6.45) is 6.32. The van der Waals surface area contributed by atoms with E-state index in [2.05, 4.69) is 10.3 Å². The summed E-state index contributed by atoms with van der Waals surface area (Å²) in [6, 6.07) is 7.60. The number of nitrogens with one attached hydrogen (secondary N) is 1. The normalized spacial score (nSPS) is 17.8. The van der Waals surface area contributed by atoms with E-state index in [4.69, 9.17) is 0 Å². The van der Waals surface area contributed by atoms with Crippen LogP contribution in [0.2, 0.25) is 0 Å². The van der Waals surface area contributed by atoms with Crippen LogP contribution in [0.3, 0.4) is 0 Å². The lowest BCUT2D eigenvalue weighted by molar-refractivity contribution is -0.122. The number of aromatic nitrogens is 1. The van der Waals surface area contributed by atoms with Crippen LogP contribution in [0.5, 0.6) is 0 Å². The summed E-state index contributed by atoms with van der Waals surface area (Å²) in [4.78, 5) is 32.0. The van der Waals surface area contributed by atoms with Gasteiger partial charge in [-0.25, -0.2) is 0 Å². The lowest BCUT2D eigenvalue weighted by Gasteiger charge is -2.27. The van der Waals surface area contributed by atoms with Gasteiger partial charge < -0.3 is 10.2 Å². The molecule has 2 heterocycles. The van der Waals surface area contributed by atoms with Crippen LogP contribution < -0.4 is 5.32 Å². The minimum absolute atomic E-state index is 0.0418. The molecule has 2 aromatic rings. The molecular weight excluding hydrogens is 326 g/mol. The Balaban J connectivity index is 1.71. The van der Waals surface area contributed by atoms with Gasteiger partial charge in [-0.05, 0) is 57.2 Å². The fraction of sp³-hybridized carbons (Fsp3) is 0.476. The molecule has 0 atom stereocenters. The van der Waals surface area contributed by atoms with Gasteiger partial charge in [0.2, 0.25) is 5.91 Å². The maximum Gasteiger partial charge on any atom is 0.254 e. The van der Waals surface area contributed by atoms with E-state index in [1.54, 1.807) is 0 Å². The highest BCUT2D eigenvalue weighted by atomic mass is 16.2. The minimum atomic E-state index is 0.0418. The van der Waals surface area contributed by atoms with E-state index in [0.717, 1.165) is 61.8 Å². The van der Waals surface area contributed by atoms with Crippen LogP contribution in [-0.4, -0.2) is 34.8 Å². The van der Waals surface area contributed by atoms with Gasteiger partial charge in [0.05, 0.1) is 11.1 Å². The fourth-order valence-corrected chi connectivity index (χ4v) is 3.77. The molecule has 0 bridgehead atoms. The molecule has 0 spiro atoms. The van der Waals surface area contributed by atoms with Crippen LogP contribution in [-0.2, 0) is 4.79 Å². The number of nitrogens with zero attached hydrogens (tertiary/aromatic N) is 2. The number of aryl methyl sites for hydroxylation is 1. The summed E-state index contributed by atoms with van der Waals surface area (Å²) in [5.74, 6) is 0.206. The number of pyridine rings is 1. The van der Waals surface area contributed by atoms with Crippen LogP contribution in [0.15, 0.2) is 24.3 Å². The van der Waals surface area contributed by atoms with Crippen molar-refractivity contribution in [2.45, 2.75) is 45.4 Å². The van der Waals surface area contributed by atoms with Gasteiger partial charge in [0, 0.05) is 35.8 Å². The maximum absolute atomic E-state index is 13.1. The first-order chi connectivity index (χ1) is 12.6. The summed E-state index contributed by atoms with van der Waals surface area (Å²) < 4.78 is 0. The molecule has 2 aliphatic rings. The third kappa shape index (κ3) is 3.30. The number of rotatable bonds is 3. The second-order valence-electron chi connectivity index (χ2n) is 7.51. The number of likely N-dealkylation sites (tertiary alicyclic amines) is 1. The highest BCUT2D eigenvalue weighted by Crippen LogP contribution is 2.30. The van der Waals surface area contributed by atoms with Gasteiger partial charge in [0.1, 0.15) is 0 Å². The molecule has 0 radical (unpaired) electrons. The largest absolute Gasteiger partial charge is 0.339 e. The predicted octanol–water partition coefficient (Wildman–Crippen LogP) is 3.91. The second kappa shape index (κ2) is 7.06. The van der Waals surface area contributed by atoms with Gasteiger partial charge in [0.25, 0.3) is 5.91 Å². The number of anilines is 1. The zero-order chi connectivity index (χ0) is 18.1. The van der Waals surface area contributed by atoms with E-state index in [9.17, 15) is 9.59 Å². The van der Waals surface area contributed by atoms with Crippen molar-refractivity contribution in [3.8, 4) is 0 Å². The molecule has 1 aliphatic carbocycles. The molecular formula is C21H25N3O2. The molecule has 5 heteroatoms. The van der Waals surface area contributed by atoms with Gasteiger partial charge >= 0.3 is 0 Å². The van der Waals surface area contributed by atoms with E-state index in [-0.39, 0.29) is 17.7 Å². The monoisotopic (exact) mass is 351 g/mol. The number of carbonyl (C=O) groups excluding carboxylic acids is 2. The molecule has 1 saturated carbocycles. The Morgan fingerprint density at radius 3 is 2.54 bits per heavy atom. The molecule has 1 saturated heterocycles. The summed E-state index contributed by atoms with van der Waals surface area (Å²) in [6.45, 7) is 3.54. The molecule has 1 aliphatic heterocycles. The van der Waals surface area contributed by atoms with Crippen LogP contribution in [0.1, 0.15) is 54.6 Å². The van der Waals surface area contributed by atoms with Gasteiger partial charge in [-0.3, -0.25) is 14.6 Å². The first kappa shape index (κ1) is 17.0. The van der Waals surface area contributed by atoms with Crippen LogP contribution >= 0.6 is 0 Å². The molecule has 4 rings (SSSR count). The topological polar surface area (TPSA) is 62.3 Å². The Kier molecular flexibility index (Phi) is 4.62. The Labute approximate surface area is 153 Å². The lowest BCUT2D eigenvalue weighted by Crippen LogP contribution is -2.35. The third-order valence-corrected chi connectivity index (χ3v) is 5.56. The van der Waals surface area contributed by atoms with E-state index in [1.807, 2.05) is 36.1 Å². The number of piperidine rings is 1. The minimum Gasteiger partial charge on any atom is -0.339 e. The lowest BCUT2D eigenvalue weighted by atomic mass is 9.85. The molecule has 136 valence electrons.